The Balaban J connectivity index is 2.08. The number of hydrogen-bond donors (Lipinski definition) is 2. The van der Waals surface area contributed by atoms with Gasteiger partial charge in [-0.15, -0.1) is 0 Å². The van der Waals surface area contributed by atoms with Gasteiger partial charge in [-0.1, -0.05) is 0 Å². The number of aromatic nitrogens is 1. The molecule has 0 saturated heterocycles. The third-order valence-electron chi connectivity index (χ3n) is 3.15. The van der Waals surface area contributed by atoms with E-state index in [4.69, 9.17) is 0 Å². The van der Waals surface area contributed by atoms with E-state index in [0.29, 0.717) is 5.69 Å². The first kappa shape index (κ1) is 16.1. The fourth-order valence-electron chi connectivity index (χ4n) is 1.94. The fourth-order valence-corrected chi connectivity index (χ4v) is 2.98. The highest BCUT2D eigenvalue weighted by Gasteiger charge is 2.18. The predicted octanol–water partition coefficient (Wildman–Crippen LogP) is 0.945. The molecule has 8 nitrogen and oxygen atoms in total. The highest BCUT2D eigenvalue weighted by atomic mass is 32.2. The van der Waals surface area contributed by atoms with E-state index in [1.807, 2.05) is 0 Å². The Morgan fingerprint density at radius 2 is 1.95 bits per heavy atom. The summed E-state index contributed by atoms with van der Waals surface area (Å²) in [5.41, 5.74) is 0.384. The number of nitrogens with zero attached hydrogens (tertiary/aromatic N) is 2. The summed E-state index contributed by atoms with van der Waals surface area (Å²) >= 11 is 0. The number of benzene rings is 1. The maximum absolute atomic E-state index is 12.1. The van der Waals surface area contributed by atoms with E-state index in [1.54, 1.807) is 29.9 Å². The minimum Gasteiger partial charge on any atom is -0.386 e. The summed E-state index contributed by atoms with van der Waals surface area (Å²) in [6.07, 6.45) is 0.747. The number of rotatable bonds is 6. The normalized spacial score (nSPS) is 13.0. The van der Waals surface area contributed by atoms with Crippen LogP contribution >= 0.6 is 0 Å². The first-order chi connectivity index (χ1) is 10.3. The molecule has 2 rings (SSSR count). The molecular formula is C13H15N3O5S. The maximum Gasteiger partial charge on any atom is 0.269 e. The molecule has 0 amide bonds. The molecule has 1 aromatic heterocycles. The van der Waals surface area contributed by atoms with Gasteiger partial charge in [-0.05, 0) is 24.3 Å². The molecule has 118 valence electrons. The number of aliphatic hydroxyl groups is 1. The maximum atomic E-state index is 12.1. The van der Waals surface area contributed by atoms with E-state index >= 15 is 0 Å². The lowest BCUT2D eigenvalue weighted by Gasteiger charge is -2.13. The van der Waals surface area contributed by atoms with Gasteiger partial charge in [0.1, 0.15) is 6.10 Å². The molecule has 2 N–H and O–H groups in total. The van der Waals surface area contributed by atoms with E-state index in [-0.39, 0.29) is 17.1 Å². The Kier molecular flexibility index (Phi) is 4.59. The zero-order valence-corrected chi connectivity index (χ0v) is 12.5. The molecule has 0 aliphatic heterocycles. The molecular weight excluding hydrogens is 310 g/mol. The van der Waals surface area contributed by atoms with Gasteiger partial charge in [0.2, 0.25) is 10.0 Å². The summed E-state index contributed by atoms with van der Waals surface area (Å²) in [5.74, 6) is 0. The molecule has 1 atom stereocenters. The smallest absolute Gasteiger partial charge is 0.269 e. The molecule has 22 heavy (non-hydrogen) atoms. The Morgan fingerprint density at radius 1 is 1.32 bits per heavy atom. The molecule has 1 unspecified atom stereocenters. The second kappa shape index (κ2) is 6.26. The van der Waals surface area contributed by atoms with Crippen molar-refractivity contribution in [2.75, 3.05) is 6.54 Å². The van der Waals surface area contributed by atoms with Gasteiger partial charge in [-0.3, -0.25) is 10.1 Å². The predicted molar refractivity (Wildman–Crippen MR) is 78.7 cm³/mol. The number of non-ortho nitro benzene ring substituents is 1. The number of hydrogen-bond acceptors (Lipinski definition) is 5. The molecule has 0 aliphatic carbocycles. The summed E-state index contributed by atoms with van der Waals surface area (Å²) in [6, 6.07) is 7.95. The Bertz CT molecular complexity index is 767. The quantitative estimate of drug-likeness (QED) is 0.606. The summed E-state index contributed by atoms with van der Waals surface area (Å²) in [5, 5.41) is 20.5. The van der Waals surface area contributed by atoms with Crippen molar-refractivity contribution in [2.45, 2.75) is 11.0 Å². The van der Waals surface area contributed by atoms with Crippen LogP contribution in [0.25, 0.3) is 0 Å². The number of sulfonamides is 1. The molecule has 0 bridgehead atoms. The van der Waals surface area contributed by atoms with Gasteiger partial charge in [-0.25, -0.2) is 13.1 Å². The first-order valence-electron chi connectivity index (χ1n) is 6.34. The third kappa shape index (κ3) is 3.50. The number of nitro groups is 1. The van der Waals surface area contributed by atoms with Crippen molar-refractivity contribution in [1.29, 1.82) is 0 Å². The van der Waals surface area contributed by atoms with E-state index in [9.17, 15) is 23.6 Å². The van der Waals surface area contributed by atoms with E-state index in [1.165, 1.54) is 0 Å². The Hall–Kier alpha value is -2.23. The lowest BCUT2D eigenvalue weighted by Crippen LogP contribution is -2.29. The van der Waals surface area contributed by atoms with E-state index < -0.39 is 21.1 Å². The Morgan fingerprint density at radius 3 is 2.45 bits per heavy atom. The molecule has 2 aromatic rings. The SMILES string of the molecule is Cn1cccc1C(O)CNS(=O)(=O)c1ccc([N+](=O)[O-])cc1. The largest absolute Gasteiger partial charge is 0.386 e. The molecule has 0 spiro atoms. The van der Waals surface area contributed by atoms with Gasteiger partial charge in [0.25, 0.3) is 5.69 Å². The minimum atomic E-state index is -3.84. The lowest BCUT2D eigenvalue weighted by molar-refractivity contribution is -0.384. The second-order valence-electron chi connectivity index (χ2n) is 4.66. The second-order valence-corrected chi connectivity index (χ2v) is 6.43. The van der Waals surface area contributed by atoms with Crippen LogP contribution in [-0.2, 0) is 17.1 Å². The summed E-state index contributed by atoms with van der Waals surface area (Å²) in [6.45, 7) is -0.197. The van der Waals surface area contributed by atoms with Crippen molar-refractivity contribution in [3.63, 3.8) is 0 Å². The van der Waals surface area contributed by atoms with Gasteiger partial charge in [0, 0.05) is 37.6 Å². The Labute approximate surface area is 127 Å². The molecule has 0 aliphatic rings. The van der Waals surface area contributed by atoms with Crippen LogP contribution in [-0.4, -0.2) is 29.6 Å². The standard InChI is InChI=1S/C13H15N3O5S/c1-15-8-2-3-12(15)13(17)9-14-22(20,21)11-6-4-10(5-7-11)16(18)19/h2-8,13-14,17H,9H2,1H3. The van der Waals surface area contributed by atoms with Crippen molar-refractivity contribution in [1.82, 2.24) is 9.29 Å². The van der Waals surface area contributed by atoms with Crippen molar-refractivity contribution in [3.05, 3.63) is 58.4 Å². The van der Waals surface area contributed by atoms with Crippen LogP contribution in [0.15, 0.2) is 47.5 Å². The van der Waals surface area contributed by atoms with Gasteiger partial charge >= 0.3 is 0 Å². The number of nitro benzene ring substituents is 1. The highest BCUT2D eigenvalue weighted by molar-refractivity contribution is 7.89. The van der Waals surface area contributed by atoms with Gasteiger partial charge in [0.15, 0.2) is 0 Å². The average molecular weight is 325 g/mol. The number of nitrogens with one attached hydrogen (secondary N) is 1. The monoisotopic (exact) mass is 325 g/mol. The number of aryl methyl sites for hydroxylation is 1. The molecule has 0 radical (unpaired) electrons. The zero-order valence-electron chi connectivity index (χ0n) is 11.7. The average Bonchev–Trinajstić information content (AvgIpc) is 2.91. The van der Waals surface area contributed by atoms with Crippen LogP contribution in [0.1, 0.15) is 11.8 Å². The van der Waals surface area contributed by atoms with E-state index in [0.717, 1.165) is 24.3 Å². The highest BCUT2D eigenvalue weighted by Crippen LogP contribution is 2.17. The number of aliphatic hydroxyl groups excluding tert-OH is 1. The van der Waals surface area contributed by atoms with Crippen LogP contribution in [0.2, 0.25) is 0 Å². The molecule has 1 heterocycles. The van der Waals surface area contributed by atoms with Crippen molar-refractivity contribution in [3.8, 4) is 0 Å². The molecule has 0 saturated carbocycles. The molecule has 0 fully saturated rings. The van der Waals surface area contributed by atoms with Gasteiger partial charge in [-0.2, -0.15) is 0 Å². The summed E-state index contributed by atoms with van der Waals surface area (Å²) in [7, 11) is -2.10. The van der Waals surface area contributed by atoms with Crippen molar-refractivity contribution < 1.29 is 18.4 Å². The van der Waals surface area contributed by atoms with Crippen LogP contribution in [0.3, 0.4) is 0 Å². The van der Waals surface area contributed by atoms with Crippen LogP contribution in [0.5, 0.6) is 0 Å². The van der Waals surface area contributed by atoms with Crippen molar-refractivity contribution in [2.24, 2.45) is 7.05 Å². The topological polar surface area (TPSA) is 114 Å². The van der Waals surface area contributed by atoms with E-state index in [2.05, 4.69) is 4.72 Å². The van der Waals surface area contributed by atoms with Crippen LogP contribution < -0.4 is 4.72 Å². The molecule has 9 heteroatoms. The first-order valence-corrected chi connectivity index (χ1v) is 7.83. The lowest BCUT2D eigenvalue weighted by atomic mass is 10.2. The minimum absolute atomic E-state index is 0.0998. The third-order valence-corrected chi connectivity index (χ3v) is 4.59. The van der Waals surface area contributed by atoms with Gasteiger partial charge in [0.05, 0.1) is 9.82 Å². The van der Waals surface area contributed by atoms with Crippen molar-refractivity contribution >= 4 is 15.7 Å². The van der Waals surface area contributed by atoms with Crippen LogP contribution in [0.4, 0.5) is 5.69 Å². The summed E-state index contributed by atoms with van der Waals surface area (Å²) < 4.78 is 28.1. The molecule has 1 aromatic carbocycles. The van der Waals surface area contributed by atoms with Crippen LogP contribution in [0, 0.1) is 10.1 Å². The van der Waals surface area contributed by atoms with Gasteiger partial charge < -0.3 is 9.67 Å². The summed E-state index contributed by atoms with van der Waals surface area (Å²) in [4.78, 5) is 9.84. The fraction of sp³-hybridized carbons (Fsp3) is 0.231. The zero-order chi connectivity index (χ0) is 16.3.